The lowest BCUT2D eigenvalue weighted by Gasteiger charge is -2.23. The van der Waals surface area contributed by atoms with Gasteiger partial charge in [-0.2, -0.15) is 0 Å². The number of likely N-dealkylation sites (N-methyl/N-ethyl adjacent to an activating group) is 1. The third kappa shape index (κ3) is 4.56. The molecular weight excluding hydrogens is 354 g/mol. The number of carbonyl (C=O) groups is 2. The second kappa shape index (κ2) is 8.55. The average Bonchev–Trinajstić information content (AvgIpc) is 3.38. The number of Topliss-reactive ketones (excluding diaryl/α,β-unsaturated/α-hetero) is 1. The second-order valence-electron chi connectivity index (χ2n) is 6.29. The number of ketones is 1. The highest BCUT2D eigenvalue weighted by atomic mass is 32.1. The predicted molar refractivity (Wildman–Crippen MR) is 97.2 cm³/mol. The van der Waals surface area contributed by atoms with Gasteiger partial charge >= 0.3 is 0 Å². The van der Waals surface area contributed by atoms with Crippen LogP contribution in [0.25, 0.3) is 10.8 Å². The zero-order valence-corrected chi connectivity index (χ0v) is 15.9. The normalized spacial score (nSPS) is 16.8. The maximum absolute atomic E-state index is 12.4. The summed E-state index contributed by atoms with van der Waals surface area (Å²) < 4.78 is 11.3. The van der Waals surface area contributed by atoms with Crippen molar-refractivity contribution in [3.63, 3.8) is 0 Å². The van der Waals surface area contributed by atoms with Crippen molar-refractivity contribution in [3.05, 3.63) is 22.9 Å². The van der Waals surface area contributed by atoms with Crippen molar-refractivity contribution in [2.24, 2.45) is 0 Å². The maximum Gasteiger partial charge on any atom is 0.257 e. The quantitative estimate of drug-likeness (QED) is 0.658. The average molecular weight is 377 g/mol. The minimum atomic E-state index is 0.0116. The summed E-state index contributed by atoms with van der Waals surface area (Å²) in [7, 11) is 0. The Morgan fingerprint density at radius 3 is 2.85 bits per heavy atom. The highest BCUT2D eigenvalue weighted by molar-refractivity contribution is 7.17. The molecule has 8 heteroatoms. The SMILES string of the molecule is CCN(CC1CCCO1)C(=O)CCc1nnc(-c2ccc(C(C)=O)s2)o1. The summed E-state index contributed by atoms with van der Waals surface area (Å²) in [5.41, 5.74) is 0. The Morgan fingerprint density at radius 2 is 2.19 bits per heavy atom. The minimum absolute atomic E-state index is 0.0116. The number of aryl methyl sites for hydroxylation is 1. The summed E-state index contributed by atoms with van der Waals surface area (Å²) in [6, 6.07) is 3.55. The van der Waals surface area contributed by atoms with Crippen molar-refractivity contribution in [2.75, 3.05) is 19.7 Å². The van der Waals surface area contributed by atoms with Gasteiger partial charge in [-0.1, -0.05) is 0 Å². The number of hydrogen-bond acceptors (Lipinski definition) is 7. The van der Waals surface area contributed by atoms with Crippen LogP contribution < -0.4 is 0 Å². The van der Waals surface area contributed by atoms with Gasteiger partial charge in [-0.15, -0.1) is 21.5 Å². The van der Waals surface area contributed by atoms with E-state index >= 15 is 0 Å². The number of carbonyl (C=O) groups excluding carboxylic acids is 2. The summed E-state index contributed by atoms with van der Waals surface area (Å²) in [6.45, 7) is 5.59. The smallest absolute Gasteiger partial charge is 0.257 e. The van der Waals surface area contributed by atoms with Crippen LogP contribution in [0.5, 0.6) is 0 Å². The van der Waals surface area contributed by atoms with Crippen LogP contribution in [0, 0.1) is 0 Å². The summed E-state index contributed by atoms with van der Waals surface area (Å²) >= 11 is 1.32. The minimum Gasteiger partial charge on any atom is -0.420 e. The van der Waals surface area contributed by atoms with Crippen LogP contribution in [0.4, 0.5) is 0 Å². The molecule has 0 aliphatic carbocycles. The van der Waals surface area contributed by atoms with Gasteiger partial charge in [0.05, 0.1) is 15.9 Å². The van der Waals surface area contributed by atoms with E-state index in [0.717, 1.165) is 24.3 Å². The molecule has 0 radical (unpaired) electrons. The molecule has 26 heavy (non-hydrogen) atoms. The second-order valence-corrected chi connectivity index (χ2v) is 7.37. The zero-order valence-electron chi connectivity index (χ0n) is 15.1. The molecule has 0 bridgehead atoms. The Balaban J connectivity index is 1.54. The summed E-state index contributed by atoms with van der Waals surface area (Å²) in [5, 5.41) is 8.04. The van der Waals surface area contributed by atoms with E-state index in [1.807, 2.05) is 11.8 Å². The highest BCUT2D eigenvalue weighted by Crippen LogP contribution is 2.27. The first-order valence-corrected chi connectivity index (χ1v) is 9.71. The summed E-state index contributed by atoms with van der Waals surface area (Å²) in [4.78, 5) is 27.1. The Bertz CT molecular complexity index is 764. The van der Waals surface area contributed by atoms with E-state index in [1.165, 1.54) is 18.3 Å². The first kappa shape index (κ1) is 18.7. The van der Waals surface area contributed by atoms with E-state index in [-0.39, 0.29) is 17.8 Å². The number of amides is 1. The Hall–Kier alpha value is -2.06. The molecule has 3 heterocycles. The molecular formula is C18H23N3O4S. The topological polar surface area (TPSA) is 85.5 Å². The van der Waals surface area contributed by atoms with Gasteiger partial charge in [0.15, 0.2) is 5.78 Å². The molecule has 1 aliphatic rings. The fourth-order valence-corrected chi connectivity index (χ4v) is 3.73. The molecule has 0 spiro atoms. The number of thiophene rings is 1. The number of hydrogen-bond donors (Lipinski definition) is 0. The van der Waals surface area contributed by atoms with E-state index in [4.69, 9.17) is 9.15 Å². The lowest BCUT2D eigenvalue weighted by molar-refractivity contribution is -0.132. The van der Waals surface area contributed by atoms with Crippen molar-refractivity contribution in [1.29, 1.82) is 0 Å². The zero-order chi connectivity index (χ0) is 18.5. The fourth-order valence-electron chi connectivity index (χ4n) is 2.91. The largest absolute Gasteiger partial charge is 0.420 e. The van der Waals surface area contributed by atoms with Gasteiger partial charge in [0.25, 0.3) is 5.89 Å². The Morgan fingerprint density at radius 1 is 1.35 bits per heavy atom. The monoisotopic (exact) mass is 377 g/mol. The number of nitrogens with zero attached hydrogens (tertiary/aromatic N) is 3. The van der Waals surface area contributed by atoms with Gasteiger partial charge in [-0.25, -0.2) is 0 Å². The van der Waals surface area contributed by atoms with Gasteiger partial charge in [0, 0.05) is 32.5 Å². The van der Waals surface area contributed by atoms with Crippen molar-refractivity contribution < 1.29 is 18.7 Å². The van der Waals surface area contributed by atoms with E-state index < -0.39 is 0 Å². The van der Waals surface area contributed by atoms with Crippen LogP contribution in [-0.4, -0.2) is 52.6 Å². The number of rotatable bonds is 8. The molecule has 7 nitrogen and oxygen atoms in total. The third-order valence-electron chi connectivity index (χ3n) is 4.37. The molecule has 0 N–H and O–H groups in total. The third-order valence-corrected chi connectivity index (χ3v) is 5.54. The van der Waals surface area contributed by atoms with Crippen molar-refractivity contribution in [2.45, 2.75) is 45.6 Å². The molecule has 0 aromatic carbocycles. The van der Waals surface area contributed by atoms with E-state index in [1.54, 1.807) is 12.1 Å². The lowest BCUT2D eigenvalue weighted by atomic mass is 10.2. The van der Waals surface area contributed by atoms with Gasteiger partial charge in [0.1, 0.15) is 0 Å². The summed E-state index contributed by atoms with van der Waals surface area (Å²) in [6.07, 6.45) is 2.96. The van der Waals surface area contributed by atoms with Gasteiger partial charge < -0.3 is 14.1 Å². The molecule has 2 aromatic heterocycles. The predicted octanol–water partition coefficient (Wildman–Crippen LogP) is 2.96. The van der Waals surface area contributed by atoms with Gasteiger partial charge in [0.2, 0.25) is 11.8 Å². The van der Waals surface area contributed by atoms with Crippen molar-refractivity contribution in [1.82, 2.24) is 15.1 Å². The van der Waals surface area contributed by atoms with Crippen LogP contribution in [0.15, 0.2) is 16.5 Å². The lowest BCUT2D eigenvalue weighted by Crippen LogP contribution is -2.37. The Labute approximate surface area is 156 Å². The van der Waals surface area contributed by atoms with Crippen LogP contribution in [-0.2, 0) is 16.0 Å². The highest BCUT2D eigenvalue weighted by Gasteiger charge is 2.22. The first-order chi connectivity index (χ1) is 12.6. The summed E-state index contributed by atoms with van der Waals surface area (Å²) in [5.74, 6) is 0.895. The van der Waals surface area contributed by atoms with Crippen LogP contribution >= 0.6 is 11.3 Å². The molecule has 1 amide bonds. The van der Waals surface area contributed by atoms with Gasteiger partial charge in [-0.3, -0.25) is 9.59 Å². The molecule has 1 aliphatic heterocycles. The molecule has 1 fully saturated rings. The Kier molecular flexibility index (Phi) is 6.16. The van der Waals surface area contributed by atoms with Gasteiger partial charge in [-0.05, 0) is 38.8 Å². The van der Waals surface area contributed by atoms with E-state index in [9.17, 15) is 9.59 Å². The van der Waals surface area contributed by atoms with Crippen LogP contribution in [0.2, 0.25) is 0 Å². The number of aromatic nitrogens is 2. The maximum atomic E-state index is 12.4. The fraction of sp³-hybridized carbons (Fsp3) is 0.556. The molecule has 0 saturated carbocycles. The molecule has 140 valence electrons. The van der Waals surface area contributed by atoms with Crippen LogP contribution in [0.1, 0.15) is 48.7 Å². The van der Waals surface area contributed by atoms with E-state index in [2.05, 4.69) is 10.2 Å². The first-order valence-electron chi connectivity index (χ1n) is 8.89. The molecule has 2 aromatic rings. The van der Waals surface area contributed by atoms with E-state index in [0.29, 0.717) is 42.6 Å². The van der Waals surface area contributed by atoms with Crippen molar-refractivity contribution >= 4 is 23.0 Å². The molecule has 3 rings (SSSR count). The van der Waals surface area contributed by atoms with Crippen LogP contribution in [0.3, 0.4) is 0 Å². The molecule has 1 atom stereocenters. The molecule has 1 unspecified atom stereocenters. The molecule has 1 saturated heterocycles. The van der Waals surface area contributed by atoms with Crippen molar-refractivity contribution in [3.8, 4) is 10.8 Å². The standard InChI is InChI=1S/C18H23N3O4S/c1-3-21(11-13-5-4-10-24-13)17(23)9-8-16-19-20-18(25-16)15-7-6-14(26-15)12(2)22/h6-7,13H,3-5,8-11H2,1-2H3. The number of ether oxygens (including phenoxy) is 1.